The Morgan fingerprint density at radius 3 is 2.69 bits per heavy atom. The van der Waals surface area contributed by atoms with Crippen molar-refractivity contribution in [1.82, 2.24) is 14.2 Å². The fraction of sp³-hybridized carbons (Fsp3) is 0.391. The summed E-state index contributed by atoms with van der Waals surface area (Å²) in [6, 6.07) is 12.6. The zero-order chi connectivity index (χ0) is 22.9. The third-order valence-corrected chi connectivity index (χ3v) is 9.60. The standard InChI is InChI=1S/C23H26ClN3O3S2/c1-3-27(4-2)32(29,30)21-14-16(11-12-18(21)24)23(28)26-13-7-8-17(15-26)22-25-19-9-5-6-10-20(19)31-22/h5-6,9-12,14,17H,3-4,7-8,13,15H2,1-2H3. The molecular weight excluding hydrogens is 466 g/mol. The number of rotatable bonds is 6. The second-order valence-electron chi connectivity index (χ2n) is 7.84. The average Bonchev–Trinajstić information content (AvgIpc) is 3.24. The Morgan fingerprint density at radius 2 is 1.97 bits per heavy atom. The summed E-state index contributed by atoms with van der Waals surface area (Å²) in [6.45, 7) is 5.44. The van der Waals surface area contributed by atoms with Crippen LogP contribution < -0.4 is 0 Å². The van der Waals surface area contributed by atoms with Crippen LogP contribution in [0.4, 0.5) is 0 Å². The van der Waals surface area contributed by atoms with Crippen molar-refractivity contribution >= 4 is 49.1 Å². The Labute approximate surface area is 197 Å². The predicted molar refractivity (Wildman–Crippen MR) is 129 cm³/mol. The summed E-state index contributed by atoms with van der Waals surface area (Å²) in [6.07, 6.45) is 1.86. The number of likely N-dealkylation sites (tertiary alicyclic amines) is 1. The molecule has 0 aliphatic carbocycles. The molecule has 0 N–H and O–H groups in total. The van der Waals surface area contributed by atoms with Gasteiger partial charge in [0.25, 0.3) is 5.91 Å². The number of aromatic nitrogens is 1. The van der Waals surface area contributed by atoms with Crippen LogP contribution >= 0.6 is 22.9 Å². The summed E-state index contributed by atoms with van der Waals surface area (Å²) in [5.41, 5.74) is 1.32. The number of carbonyl (C=O) groups excluding carboxylic acids is 1. The molecule has 6 nitrogen and oxygen atoms in total. The second kappa shape index (κ2) is 9.47. The highest BCUT2D eigenvalue weighted by Gasteiger charge is 2.30. The van der Waals surface area contributed by atoms with Crippen LogP contribution in [0.1, 0.15) is 48.0 Å². The number of amides is 1. The maximum atomic E-state index is 13.3. The number of benzene rings is 2. The van der Waals surface area contributed by atoms with E-state index >= 15 is 0 Å². The van der Waals surface area contributed by atoms with Gasteiger partial charge in [-0.25, -0.2) is 13.4 Å². The number of para-hydroxylation sites is 1. The zero-order valence-corrected chi connectivity index (χ0v) is 20.5. The predicted octanol–water partition coefficient (Wildman–Crippen LogP) is 5.00. The van der Waals surface area contributed by atoms with E-state index in [1.165, 1.54) is 16.4 Å². The molecule has 170 valence electrons. The molecule has 1 amide bonds. The molecule has 0 saturated carbocycles. The Morgan fingerprint density at radius 1 is 1.22 bits per heavy atom. The van der Waals surface area contributed by atoms with Crippen LogP contribution in [0.25, 0.3) is 10.2 Å². The van der Waals surface area contributed by atoms with E-state index in [4.69, 9.17) is 16.6 Å². The summed E-state index contributed by atoms with van der Waals surface area (Å²) >= 11 is 7.91. The maximum absolute atomic E-state index is 13.3. The largest absolute Gasteiger partial charge is 0.338 e. The van der Waals surface area contributed by atoms with Crippen LogP contribution in [0, 0.1) is 0 Å². The molecule has 2 heterocycles. The molecule has 1 unspecified atom stereocenters. The fourth-order valence-electron chi connectivity index (χ4n) is 4.15. The van der Waals surface area contributed by atoms with E-state index in [1.807, 2.05) is 18.2 Å². The van der Waals surface area contributed by atoms with Gasteiger partial charge in [-0.2, -0.15) is 4.31 Å². The minimum absolute atomic E-state index is 0.0200. The van der Waals surface area contributed by atoms with E-state index in [2.05, 4.69) is 6.07 Å². The zero-order valence-electron chi connectivity index (χ0n) is 18.1. The molecule has 2 aromatic carbocycles. The van der Waals surface area contributed by atoms with Crippen LogP contribution in [0.5, 0.6) is 0 Å². The van der Waals surface area contributed by atoms with Gasteiger partial charge >= 0.3 is 0 Å². The highest BCUT2D eigenvalue weighted by atomic mass is 35.5. The van der Waals surface area contributed by atoms with Gasteiger partial charge in [-0.05, 0) is 43.2 Å². The first-order chi connectivity index (χ1) is 15.3. The van der Waals surface area contributed by atoms with Crippen molar-refractivity contribution in [2.24, 2.45) is 0 Å². The molecule has 4 rings (SSSR count). The second-order valence-corrected chi connectivity index (χ2v) is 11.2. The number of halogens is 1. The monoisotopic (exact) mass is 491 g/mol. The third-order valence-electron chi connectivity index (χ3n) is 5.87. The van der Waals surface area contributed by atoms with Gasteiger partial charge in [-0.1, -0.05) is 37.6 Å². The van der Waals surface area contributed by atoms with Crippen molar-refractivity contribution in [3.8, 4) is 0 Å². The van der Waals surface area contributed by atoms with Crippen molar-refractivity contribution in [2.45, 2.75) is 37.5 Å². The fourth-order valence-corrected chi connectivity index (χ4v) is 7.20. The van der Waals surface area contributed by atoms with Gasteiger partial charge < -0.3 is 4.90 Å². The summed E-state index contributed by atoms with van der Waals surface area (Å²) in [5, 5.41) is 1.17. The topological polar surface area (TPSA) is 70.6 Å². The highest BCUT2D eigenvalue weighted by Crippen LogP contribution is 2.34. The number of fused-ring (bicyclic) bond motifs is 1. The minimum Gasteiger partial charge on any atom is -0.338 e. The molecular formula is C23H26ClN3O3S2. The first-order valence-electron chi connectivity index (χ1n) is 10.8. The van der Waals surface area contributed by atoms with Crippen LogP contribution in [0.3, 0.4) is 0 Å². The first-order valence-corrected chi connectivity index (χ1v) is 13.4. The number of nitrogens with zero attached hydrogens (tertiary/aromatic N) is 3. The number of piperidine rings is 1. The van der Waals surface area contributed by atoms with Crippen molar-refractivity contribution in [3.05, 3.63) is 58.1 Å². The Bertz CT molecular complexity index is 1210. The number of sulfonamides is 1. The van der Waals surface area contributed by atoms with Gasteiger partial charge in [-0.15, -0.1) is 11.3 Å². The minimum atomic E-state index is -3.76. The lowest BCUT2D eigenvalue weighted by Gasteiger charge is -2.32. The van der Waals surface area contributed by atoms with Gasteiger partial charge in [0.1, 0.15) is 4.90 Å². The molecule has 32 heavy (non-hydrogen) atoms. The quantitative estimate of drug-likeness (QED) is 0.486. The average molecular weight is 492 g/mol. The molecule has 3 aromatic rings. The third kappa shape index (κ3) is 4.41. The normalized spacial score (nSPS) is 17.2. The summed E-state index contributed by atoms with van der Waals surface area (Å²) in [7, 11) is -3.76. The lowest BCUT2D eigenvalue weighted by Crippen LogP contribution is -2.39. The summed E-state index contributed by atoms with van der Waals surface area (Å²) < 4.78 is 28.5. The number of hydrogen-bond acceptors (Lipinski definition) is 5. The summed E-state index contributed by atoms with van der Waals surface area (Å²) in [5.74, 6) is -0.000229. The van der Waals surface area contributed by atoms with Gasteiger partial charge in [0.15, 0.2) is 0 Å². The molecule has 0 radical (unpaired) electrons. The van der Waals surface area contributed by atoms with Gasteiger partial charge in [0.05, 0.1) is 20.2 Å². The van der Waals surface area contributed by atoms with Crippen LogP contribution in [0.15, 0.2) is 47.4 Å². The lowest BCUT2D eigenvalue weighted by atomic mass is 9.98. The number of thiazole rings is 1. The van der Waals surface area contributed by atoms with E-state index in [0.29, 0.717) is 31.7 Å². The van der Waals surface area contributed by atoms with Crippen LogP contribution in [-0.2, 0) is 10.0 Å². The van der Waals surface area contributed by atoms with Gasteiger partial charge in [-0.3, -0.25) is 4.79 Å². The summed E-state index contributed by atoms with van der Waals surface area (Å²) in [4.78, 5) is 19.9. The van der Waals surface area contributed by atoms with E-state index in [9.17, 15) is 13.2 Å². The Balaban J connectivity index is 1.59. The Kier molecular flexibility index (Phi) is 6.86. The van der Waals surface area contributed by atoms with E-state index in [-0.39, 0.29) is 21.7 Å². The van der Waals surface area contributed by atoms with Crippen molar-refractivity contribution in [1.29, 1.82) is 0 Å². The molecule has 1 atom stereocenters. The van der Waals surface area contributed by atoms with Crippen molar-refractivity contribution in [3.63, 3.8) is 0 Å². The van der Waals surface area contributed by atoms with E-state index < -0.39 is 10.0 Å². The molecule has 1 aromatic heterocycles. The molecule has 1 aliphatic rings. The highest BCUT2D eigenvalue weighted by molar-refractivity contribution is 7.89. The van der Waals surface area contributed by atoms with Crippen molar-refractivity contribution < 1.29 is 13.2 Å². The van der Waals surface area contributed by atoms with E-state index in [0.717, 1.165) is 28.1 Å². The van der Waals surface area contributed by atoms with E-state index in [1.54, 1.807) is 36.2 Å². The molecule has 0 spiro atoms. The number of hydrogen-bond donors (Lipinski definition) is 0. The molecule has 1 fully saturated rings. The molecule has 0 bridgehead atoms. The van der Waals surface area contributed by atoms with Crippen molar-refractivity contribution in [2.75, 3.05) is 26.2 Å². The Hall–Kier alpha value is -2.00. The maximum Gasteiger partial charge on any atom is 0.253 e. The SMILES string of the molecule is CCN(CC)S(=O)(=O)c1cc(C(=O)N2CCCC(c3nc4ccccc4s3)C2)ccc1Cl. The van der Waals surface area contributed by atoms with Gasteiger partial charge in [0.2, 0.25) is 10.0 Å². The van der Waals surface area contributed by atoms with Gasteiger partial charge in [0, 0.05) is 37.7 Å². The first kappa shape index (κ1) is 23.2. The smallest absolute Gasteiger partial charge is 0.253 e. The molecule has 1 aliphatic heterocycles. The number of carbonyl (C=O) groups is 1. The molecule has 9 heteroatoms. The lowest BCUT2D eigenvalue weighted by molar-refractivity contribution is 0.0707. The molecule has 1 saturated heterocycles. The van der Waals surface area contributed by atoms with Crippen LogP contribution in [-0.4, -0.2) is 54.7 Å². The van der Waals surface area contributed by atoms with Crippen LogP contribution in [0.2, 0.25) is 5.02 Å².